The van der Waals surface area contributed by atoms with E-state index in [4.69, 9.17) is 0 Å². The lowest BCUT2D eigenvalue weighted by atomic mass is 10.0. The number of benzene rings is 1. The predicted molar refractivity (Wildman–Crippen MR) is 88.7 cm³/mol. The van der Waals surface area contributed by atoms with E-state index < -0.39 is 10.0 Å². The van der Waals surface area contributed by atoms with Gasteiger partial charge in [-0.05, 0) is 24.0 Å². The summed E-state index contributed by atoms with van der Waals surface area (Å²) < 4.78 is 28.6. The van der Waals surface area contributed by atoms with Gasteiger partial charge in [-0.25, -0.2) is 8.42 Å². The first-order valence-corrected chi connectivity index (χ1v) is 8.66. The third-order valence-electron chi connectivity index (χ3n) is 3.54. The molecule has 0 saturated heterocycles. The second kappa shape index (κ2) is 6.36. The van der Waals surface area contributed by atoms with Crippen LogP contribution in [0.1, 0.15) is 24.0 Å². The highest BCUT2D eigenvalue weighted by Crippen LogP contribution is 2.19. The molecular weight excluding hydrogens is 300 g/mol. The molecule has 2 aromatic rings. The molecule has 0 saturated carbocycles. The van der Waals surface area contributed by atoms with E-state index in [-0.39, 0.29) is 17.2 Å². The molecule has 5 nitrogen and oxygen atoms in total. The summed E-state index contributed by atoms with van der Waals surface area (Å²) in [4.78, 5) is 11.5. The third-order valence-corrected chi connectivity index (χ3v) is 5.01. The number of pyridine rings is 1. The van der Waals surface area contributed by atoms with Gasteiger partial charge in [0.05, 0.1) is 11.4 Å². The minimum Gasteiger partial charge on any atom is -0.316 e. The first-order valence-electron chi connectivity index (χ1n) is 7.01. The van der Waals surface area contributed by atoms with Gasteiger partial charge in [0.2, 0.25) is 10.0 Å². The van der Waals surface area contributed by atoms with Gasteiger partial charge in [0.25, 0.3) is 5.56 Å². The van der Waals surface area contributed by atoms with Crippen LogP contribution >= 0.6 is 0 Å². The molecule has 0 spiro atoms. The summed E-state index contributed by atoms with van der Waals surface area (Å²) in [7, 11) is -1.91. The summed E-state index contributed by atoms with van der Waals surface area (Å²) in [6, 6.07) is 10.9. The molecule has 0 aliphatic carbocycles. The van der Waals surface area contributed by atoms with E-state index in [0.29, 0.717) is 11.3 Å². The molecule has 0 radical (unpaired) electrons. The predicted octanol–water partition coefficient (Wildman–Crippen LogP) is 2.24. The summed E-state index contributed by atoms with van der Waals surface area (Å²) in [5, 5.41) is 0. The zero-order chi connectivity index (χ0) is 16.3. The molecule has 0 fully saturated rings. The normalized spacial score (nSPS) is 12.9. The number of hydrogen-bond acceptors (Lipinski definition) is 3. The second-order valence-electron chi connectivity index (χ2n) is 5.51. The van der Waals surface area contributed by atoms with Crippen molar-refractivity contribution in [3.8, 4) is 0 Å². The Balaban J connectivity index is 2.18. The molecular formula is C16H20N2O3S. The van der Waals surface area contributed by atoms with Crippen molar-refractivity contribution >= 4 is 15.7 Å². The Bertz CT molecular complexity index is 811. The zero-order valence-electron chi connectivity index (χ0n) is 12.9. The van der Waals surface area contributed by atoms with Gasteiger partial charge in [-0.3, -0.25) is 9.52 Å². The molecule has 2 rings (SSSR count). The quantitative estimate of drug-likeness (QED) is 0.918. The van der Waals surface area contributed by atoms with E-state index in [9.17, 15) is 13.2 Å². The van der Waals surface area contributed by atoms with Crippen molar-refractivity contribution in [2.24, 2.45) is 7.05 Å². The Hall–Kier alpha value is -2.08. The first-order chi connectivity index (χ1) is 10.3. The minimum absolute atomic E-state index is 0.0146. The van der Waals surface area contributed by atoms with Gasteiger partial charge >= 0.3 is 0 Å². The lowest BCUT2D eigenvalue weighted by Gasteiger charge is -2.15. The molecule has 0 aliphatic heterocycles. The Morgan fingerprint density at radius 3 is 2.50 bits per heavy atom. The third kappa shape index (κ3) is 3.98. The SMILES string of the molecule is Cc1cc(=O)n(C)cc1NS(=O)(=O)CC(C)c1ccccc1. The Morgan fingerprint density at radius 2 is 1.86 bits per heavy atom. The van der Waals surface area contributed by atoms with Gasteiger partial charge in [0.1, 0.15) is 0 Å². The van der Waals surface area contributed by atoms with E-state index in [1.165, 1.54) is 16.8 Å². The molecule has 1 unspecified atom stereocenters. The van der Waals surface area contributed by atoms with Crippen molar-refractivity contribution in [1.82, 2.24) is 4.57 Å². The van der Waals surface area contributed by atoms with Crippen molar-refractivity contribution < 1.29 is 8.42 Å². The van der Waals surface area contributed by atoms with Crippen LogP contribution in [0.15, 0.2) is 47.4 Å². The van der Waals surface area contributed by atoms with E-state index >= 15 is 0 Å². The zero-order valence-corrected chi connectivity index (χ0v) is 13.7. The highest BCUT2D eigenvalue weighted by molar-refractivity contribution is 7.92. The van der Waals surface area contributed by atoms with Gasteiger partial charge in [-0.1, -0.05) is 37.3 Å². The van der Waals surface area contributed by atoms with Gasteiger partial charge in [0.15, 0.2) is 0 Å². The molecule has 1 N–H and O–H groups in total. The van der Waals surface area contributed by atoms with Gasteiger partial charge in [-0.2, -0.15) is 0 Å². The fraction of sp³-hybridized carbons (Fsp3) is 0.312. The monoisotopic (exact) mass is 320 g/mol. The summed E-state index contributed by atoms with van der Waals surface area (Å²) in [5.41, 5.74) is 1.85. The molecule has 118 valence electrons. The Labute approximate surface area is 130 Å². The number of aromatic nitrogens is 1. The molecule has 22 heavy (non-hydrogen) atoms. The summed E-state index contributed by atoms with van der Waals surface area (Å²) in [6.45, 7) is 3.59. The highest BCUT2D eigenvalue weighted by Gasteiger charge is 2.18. The lowest BCUT2D eigenvalue weighted by molar-refractivity contribution is 0.595. The smallest absolute Gasteiger partial charge is 0.250 e. The maximum atomic E-state index is 12.3. The van der Waals surface area contributed by atoms with Crippen molar-refractivity contribution in [3.63, 3.8) is 0 Å². The van der Waals surface area contributed by atoms with E-state index in [2.05, 4.69) is 4.72 Å². The van der Waals surface area contributed by atoms with E-state index in [1.54, 1.807) is 14.0 Å². The van der Waals surface area contributed by atoms with Gasteiger partial charge in [-0.15, -0.1) is 0 Å². The average molecular weight is 320 g/mol. The maximum Gasteiger partial charge on any atom is 0.250 e. The number of sulfonamides is 1. The lowest BCUT2D eigenvalue weighted by Crippen LogP contribution is -2.23. The van der Waals surface area contributed by atoms with Crippen molar-refractivity contribution in [1.29, 1.82) is 0 Å². The van der Waals surface area contributed by atoms with Crippen molar-refractivity contribution in [3.05, 3.63) is 64.1 Å². The summed E-state index contributed by atoms with van der Waals surface area (Å²) in [5.74, 6) is -0.134. The van der Waals surface area contributed by atoms with Crippen LogP contribution in [0.2, 0.25) is 0 Å². The summed E-state index contributed by atoms with van der Waals surface area (Å²) in [6.07, 6.45) is 1.50. The fourth-order valence-electron chi connectivity index (χ4n) is 2.25. The number of anilines is 1. The number of rotatable bonds is 5. The molecule has 1 aromatic heterocycles. The molecule has 0 aliphatic rings. The molecule has 0 amide bonds. The minimum atomic E-state index is -3.50. The number of hydrogen-bond donors (Lipinski definition) is 1. The van der Waals surface area contributed by atoms with Crippen LogP contribution in [0, 0.1) is 6.92 Å². The van der Waals surface area contributed by atoms with Crippen LogP contribution in [0.3, 0.4) is 0 Å². The summed E-state index contributed by atoms with van der Waals surface area (Å²) >= 11 is 0. The topological polar surface area (TPSA) is 68.2 Å². The number of nitrogens with zero attached hydrogens (tertiary/aromatic N) is 1. The average Bonchev–Trinajstić information content (AvgIpc) is 2.45. The fourth-order valence-corrected chi connectivity index (χ4v) is 3.73. The molecule has 6 heteroatoms. The van der Waals surface area contributed by atoms with Crippen LogP contribution in [-0.2, 0) is 17.1 Å². The van der Waals surface area contributed by atoms with Crippen LogP contribution in [0.4, 0.5) is 5.69 Å². The van der Waals surface area contributed by atoms with Crippen LogP contribution in [0.25, 0.3) is 0 Å². The number of nitrogens with one attached hydrogen (secondary N) is 1. The van der Waals surface area contributed by atoms with Crippen LogP contribution < -0.4 is 10.3 Å². The van der Waals surface area contributed by atoms with Crippen molar-refractivity contribution in [2.45, 2.75) is 19.8 Å². The van der Waals surface area contributed by atoms with Crippen LogP contribution in [0.5, 0.6) is 0 Å². The standard InChI is InChI=1S/C16H20N2O3S/c1-12-9-16(19)18(3)10-15(12)17-22(20,21)11-13(2)14-7-5-4-6-8-14/h4-10,13,17H,11H2,1-3H3. The van der Waals surface area contributed by atoms with E-state index in [1.807, 2.05) is 37.3 Å². The molecule has 0 bridgehead atoms. The Morgan fingerprint density at radius 1 is 1.23 bits per heavy atom. The number of aryl methyl sites for hydroxylation is 2. The molecule has 1 aromatic carbocycles. The van der Waals surface area contributed by atoms with Crippen molar-refractivity contribution in [2.75, 3.05) is 10.5 Å². The van der Waals surface area contributed by atoms with Gasteiger partial charge in [0, 0.05) is 19.3 Å². The Kier molecular flexibility index (Phi) is 4.71. The first kappa shape index (κ1) is 16.3. The largest absolute Gasteiger partial charge is 0.316 e. The van der Waals surface area contributed by atoms with Gasteiger partial charge < -0.3 is 4.57 Å². The highest BCUT2D eigenvalue weighted by atomic mass is 32.2. The molecule has 1 atom stereocenters. The second-order valence-corrected chi connectivity index (χ2v) is 7.28. The van der Waals surface area contributed by atoms with E-state index in [0.717, 1.165) is 5.56 Å². The molecule has 1 heterocycles. The van der Waals surface area contributed by atoms with Crippen LogP contribution in [-0.4, -0.2) is 18.7 Å². The maximum absolute atomic E-state index is 12.3.